The van der Waals surface area contributed by atoms with Gasteiger partial charge in [-0.05, 0) is 46.8 Å². The first-order chi connectivity index (χ1) is 9.58. The number of hydrogen-bond donors (Lipinski definition) is 1. The Hall–Kier alpha value is -1.89. The predicted molar refractivity (Wildman–Crippen MR) is 73.2 cm³/mol. The molecule has 0 amide bonds. The summed E-state index contributed by atoms with van der Waals surface area (Å²) in [6, 6.07) is 0. The van der Waals surface area contributed by atoms with Gasteiger partial charge in [0, 0.05) is 5.92 Å². The number of aromatic amines is 1. The summed E-state index contributed by atoms with van der Waals surface area (Å²) < 4.78 is 6.80. The van der Waals surface area contributed by atoms with Crippen molar-refractivity contribution in [3.63, 3.8) is 0 Å². The molecule has 1 aliphatic rings. The Bertz CT molecular complexity index is 641. The lowest BCUT2D eigenvalue weighted by molar-refractivity contribution is 0.250. The van der Waals surface area contributed by atoms with E-state index in [9.17, 15) is 4.79 Å². The molecule has 3 rings (SSSR count). The SMILES string of the molecule is Cc1noc(C)c1-n1c(C2CCN(C)CC2)n[nH]c1=O. The van der Waals surface area contributed by atoms with Gasteiger partial charge in [0.05, 0.1) is 0 Å². The van der Waals surface area contributed by atoms with Crippen molar-refractivity contribution in [1.29, 1.82) is 0 Å². The van der Waals surface area contributed by atoms with E-state index in [2.05, 4.69) is 27.3 Å². The van der Waals surface area contributed by atoms with E-state index in [1.54, 1.807) is 4.57 Å². The summed E-state index contributed by atoms with van der Waals surface area (Å²) in [5, 5.41) is 10.7. The van der Waals surface area contributed by atoms with Crippen LogP contribution in [0.5, 0.6) is 0 Å². The average Bonchev–Trinajstić information content (AvgIpc) is 2.94. The van der Waals surface area contributed by atoms with Crippen LogP contribution in [0.25, 0.3) is 5.69 Å². The second kappa shape index (κ2) is 4.90. The smallest absolute Gasteiger partial charge is 0.348 e. The molecule has 7 nitrogen and oxygen atoms in total. The molecule has 0 unspecified atom stereocenters. The molecule has 0 spiro atoms. The third-order valence-electron chi connectivity index (χ3n) is 4.00. The zero-order valence-electron chi connectivity index (χ0n) is 12.0. The molecule has 7 heteroatoms. The van der Waals surface area contributed by atoms with Gasteiger partial charge in [-0.25, -0.2) is 14.5 Å². The minimum Gasteiger partial charge on any atom is -0.359 e. The van der Waals surface area contributed by atoms with Gasteiger partial charge in [0.15, 0.2) is 5.76 Å². The van der Waals surface area contributed by atoms with Crippen molar-refractivity contribution >= 4 is 0 Å². The first-order valence-electron chi connectivity index (χ1n) is 6.87. The van der Waals surface area contributed by atoms with Gasteiger partial charge >= 0.3 is 5.69 Å². The number of H-pyrrole nitrogens is 1. The normalized spacial score (nSPS) is 17.8. The maximum Gasteiger partial charge on any atom is 0.348 e. The van der Waals surface area contributed by atoms with Crippen LogP contribution in [-0.4, -0.2) is 45.0 Å². The molecule has 3 heterocycles. The Balaban J connectivity index is 2.04. The fourth-order valence-electron chi connectivity index (χ4n) is 2.86. The van der Waals surface area contributed by atoms with Crippen molar-refractivity contribution in [2.45, 2.75) is 32.6 Å². The molecule has 1 N–H and O–H groups in total. The first-order valence-corrected chi connectivity index (χ1v) is 6.87. The molecule has 1 aliphatic heterocycles. The van der Waals surface area contributed by atoms with Gasteiger partial charge in [-0.3, -0.25) is 0 Å². The summed E-state index contributed by atoms with van der Waals surface area (Å²) in [6.45, 7) is 5.69. The first kappa shape index (κ1) is 13.1. The van der Waals surface area contributed by atoms with Crippen LogP contribution >= 0.6 is 0 Å². The highest BCUT2D eigenvalue weighted by atomic mass is 16.5. The summed E-state index contributed by atoms with van der Waals surface area (Å²) in [7, 11) is 2.11. The lowest BCUT2D eigenvalue weighted by Crippen LogP contribution is -2.31. The summed E-state index contributed by atoms with van der Waals surface area (Å²) in [6.07, 6.45) is 2.01. The molecule has 2 aromatic heterocycles. The predicted octanol–water partition coefficient (Wildman–Crippen LogP) is 0.975. The largest absolute Gasteiger partial charge is 0.359 e. The second-order valence-electron chi connectivity index (χ2n) is 5.47. The van der Waals surface area contributed by atoms with Gasteiger partial charge in [-0.1, -0.05) is 5.16 Å². The standard InChI is InChI=1S/C13H19N5O2/c1-8-11(9(2)20-16-8)18-12(14-15-13(18)19)10-4-6-17(3)7-5-10/h10H,4-7H2,1-3H3,(H,15,19). The fourth-order valence-corrected chi connectivity index (χ4v) is 2.86. The van der Waals surface area contributed by atoms with E-state index >= 15 is 0 Å². The van der Waals surface area contributed by atoms with E-state index in [1.807, 2.05) is 13.8 Å². The molecule has 1 fully saturated rings. The fraction of sp³-hybridized carbons (Fsp3) is 0.615. The maximum absolute atomic E-state index is 12.1. The third-order valence-corrected chi connectivity index (χ3v) is 4.00. The number of hydrogen-bond acceptors (Lipinski definition) is 5. The molecule has 0 saturated carbocycles. The van der Waals surface area contributed by atoms with E-state index in [0.717, 1.165) is 37.4 Å². The molecular formula is C13H19N5O2. The van der Waals surface area contributed by atoms with Gasteiger partial charge in [-0.15, -0.1) is 0 Å². The number of rotatable bonds is 2. The Morgan fingerprint density at radius 3 is 2.60 bits per heavy atom. The lowest BCUT2D eigenvalue weighted by atomic mass is 9.96. The highest BCUT2D eigenvalue weighted by Gasteiger charge is 2.26. The van der Waals surface area contributed by atoms with Crippen LogP contribution in [0.2, 0.25) is 0 Å². The van der Waals surface area contributed by atoms with E-state index in [-0.39, 0.29) is 5.69 Å². The molecule has 0 radical (unpaired) electrons. The molecule has 0 bridgehead atoms. The van der Waals surface area contributed by atoms with Gasteiger partial charge in [-0.2, -0.15) is 5.10 Å². The summed E-state index contributed by atoms with van der Waals surface area (Å²) in [5.74, 6) is 1.72. The topological polar surface area (TPSA) is 80.0 Å². The van der Waals surface area contributed by atoms with Crippen LogP contribution in [-0.2, 0) is 0 Å². The minimum atomic E-state index is -0.228. The van der Waals surface area contributed by atoms with Crippen molar-refractivity contribution in [2.75, 3.05) is 20.1 Å². The average molecular weight is 277 g/mol. The summed E-state index contributed by atoms with van der Waals surface area (Å²) in [5.41, 5.74) is 1.20. The van der Waals surface area contributed by atoms with E-state index in [1.165, 1.54) is 0 Å². The van der Waals surface area contributed by atoms with Crippen LogP contribution < -0.4 is 5.69 Å². The second-order valence-corrected chi connectivity index (χ2v) is 5.47. The van der Waals surface area contributed by atoms with Crippen molar-refractivity contribution in [1.82, 2.24) is 24.8 Å². The van der Waals surface area contributed by atoms with Gasteiger partial charge in [0.25, 0.3) is 0 Å². The van der Waals surface area contributed by atoms with Crippen molar-refractivity contribution in [3.05, 3.63) is 27.8 Å². The van der Waals surface area contributed by atoms with Crippen molar-refractivity contribution in [3.8, 4) is 5.69 Å². The van der Waals surface area contributed by atoms with E-state index in [4.69, 9.17) is 4.52 Å². The molecule has 1 saturated heterocycles. The zero-order valence-corrected chi connectivity index (χ0v) is 12.0. The van der Waals surface area contributed by atoms with Crippen LogP contribution in [0.3, 0.4) is 0 Å². The number of nitrogens with zero attached hydrogens (tertiary/aromatic N) is 4. The van der Waals surface area contributed by atoms with Crippen LogP contribution in [0, 0.1) is 13.8 Å². The summed E-state index contributed by atoms with van der Waals surface area (Å²) in [4.78, 5) is 14.4. The highest BCUT2D eigenvalue weighted by molar-refractivity contribution is 5.39. The Kier molecular flexibility index (Phi) is 3.21. The number of aromatic nitrogens is 4. The number of nitrogens with one attached hydrogen (secondary N) is 1. The highest BCUT2D eigenvalue weighted by Crippen LogP contribution is 2.28. The molecule has 0 aliphatic carbocycles. The number of likely N-dealkylation sites (tertiary alicyclic amines) is 1. The molecule has 2 aromatic rings. The van der Waals surface area contributed by atoms with Gasteiger partial charge < -0.3 is 9.42 Å². The van der Waals surface area contributed by atoms with Crippen molar-refractivity contribution < 1.29 is 4.52 Å². The maximum atomic E-state index is 12.1. The monoisotopic (exact) mass is 277 g/mol. The van der Waals surface area contributed by atoms with Crippen LogP contribution in [0.4, 0.5) is 0 Å². The lowest BCUT2D eigenvalue weighted by Gasteiger charge is -2.28. The third kappa shape index (κ3) is 2.07. The molecular weight excluding hydrogens is 258 g/mol. The quantitative estimate of drug-likeness (QED) is 0.885. The van der Waals surface area contributed by atoms with Gasteiger partial charge in [0.1, 0.15) is 17.2 Å². The minimum absolute atomic E-state index is 0.228. The molecule has 20 heavy (non-hydrogen) atoms. The summed E-state index contributed by atoms with van der Waals surface area (Å²) >= 11 is 0. The Morgan fingerprint density at radius 1 is 1.30 bits per heavy atom. The van der Waals surface area contributed by atoms with Crippen LogP contribution in [0.15, 0.2) is 9.32 Å². The Morgan fingerprint density at radius 2 is 2.00 bits per heavy atom. The Labute approximate surface area is 116 Å². The molecule has 108 valence electrons. The molecule has 0 atom stereocenters. The zero-order chi connectivity index (χ0) is 14.3. The van der Waals surface area contributed by atoms with Gasteiger partial charge in [0.2, 0.25) is 0 Å². The molecule has 0 aromatic carbocycles. The van der Waals surface area contributed by atoms with Crippen molar-refractivity contribution in [2.24, 2.45) is 0 Å². The van der Waals surface area contributed by atoms with E-state index in [0.29, 0.717) is 17.4 Å². The van der Waals surface area contributed by atoms with E-state index < -0.39 is 0 Å². The number of aryl methyl sites for hydroxylation is 2. The number of piperidine rings is 1. The van der Waals surface area contributed by atoms with Crippen LogP contribution in [0.1, 0.15) is 36.0 Å².